The van der Waals surface area contributed by atoms with Gasteiger partial charge in [0.2, 0.25) is 0 Å². The van der Waals surface area contributed by atoms with Crippen LogP contribution in [0.1, 0.15) is 19.3 Å². The summed E-state index contributed by atoms with van der Waals surface area (Å²) in [6.07, 6.45) is 5.03. The Kier molecular flexibility index (Phi) is 5.13. The van der Waals surface area contributed by atoms with E-state index in [1.807, 2.05) is 23.1 Å². The number of amides is 2. The monoisotopic (exact) mass is 370 g/mol. The summed E-state index contributed by atoms with van der Waals surface area (Å²) in [5.74, 6) is 0. The van der Waals surface area contributed by atoms with Gasteiger partial charge in [-0.25, -0.2) is 4.79 Å². The van der Waals surface area contributed by atoms with E-state index in [0.29, 0.717) is 17.6 Å². The summed E-state index contributed by atoms with van der Waals surface area (Å²) in [4.78, 5) is 31.9. The Morgan fingerprint density at radius 1 is 1.30 bits per heavy atom. The van der Waals surface area contributed by atoms with Crippen molar-refractivity contribution in [3.63, 3.8) is 0 Å². The first-order chi connectivity index (χ1) is 13.1. The van der Waals surface area contributed by atoms with Gasteiger partial charge in [0.1, 0.15) is 0 Å². The van der Waals surface area contributed by atoms with E-state index in [9.17, 15) is 9.59 Å². The van der Waals surface area contributed by atoms with Gasteiger partial charge in [0.25, 0.3) is 5.56 Å². The summed E-state index contributed by atoms with van der Waals surface area (Å²) < 4.78 is 5.52. The van der Waals surface area contributed by atoms with E-state index in [2.05, 4.69) is 15.2 Å². The lowest BCUT2D eigenvalue weighted by atomic mass is 10.1. The maximum atomic E-state index is 12.9. The van der Waals surface area contributed by atoms with Crippen molar-refractivity contribution < 1.29 is 9.53 Å². The molecule has 2 amide bonds. The zero-order valence-electron chi connectivity index (χ0n) is 15.6. The number of pyridine rings is 1. The number of carbonyl (C=O) groups is 1. The second-order valence-corrected chi connectivity index (χ2v) is 7.45. The van der Waals surface area contributed by atoms with Crippen LogP contribution in [0, 0.1) is 0 Å². The molecule has 0 aliphatic carbocycles. The van der Waals surface area contributed by atoms with E-state index in [-0.39, 0.29) is 23.7 Å². The average molecular weight is 370 g/mol. The van der Waals surface area contributed by atoms with Crippen LogP contribution in [-0.2, 0) is 4.74 Å². The molecule has 2 saturated heterocycles. The van der Waals surface area contributed by atoms with Crippen LogP contribution >= 0.6 is 0 Å². The molecule has 7 nitrogen and oxygen atoms in total. The second-order valence-electron chi connectivity index (χ2n) is 7.45. The number of likely N-dealkylation sites (tertiary alicyclic amines) is 2. The van der Waals surface area contributed by atoms with Crippen LogP contribution in [0.3, 0.4) is 0 Å². The van der Waals surface area contributed by atoms with Crippen LogP contribution in [0.25, 0.3) is 10.8 Å². The molecule has 2 atom stereocenters. The first kappa shape index (κ1) is 18.0. The van der Waals surface area contributed by atoms with Crippen molar-refractivity contribution in [3.8, 4) is 0 Å². The van der Waals surface area contributed by atoms with Gasteiger partial charge in [0.15, 0.2) is 0 Å². The number of nitrogens with one attached hydrogen (secondary N) is 2. The van der Waals surface area contributed by atoms with Gasteiger partial charge in [-0.05, 0) is 55.9 Å². The fourth-order valence-electron chi connectivity index (χ4n) is 4.19. The molecule has 2 aliphatic heterocycles. The topological polar surface area (TPSA) is 77.7 Å². The summed E-state index contributed by atoms with van der Waals surface area (Å²) in [6.45, 7) is 3.70. The molecule has 7 heteroatoms. The van der Waals surface area contributed by atoms with Crippen molar-refractivity contribution in [2.45, 2.75) is 31.4 Å². The highest BCUT2D eigenvalue weighted by Gasteiger charge is 2.36. The normalized spacial score (nSPS) is 23.2. The van der Waals surface area contributed by atoms with E-state index < -0.39 is 0 Å². The van der Waals surface area contributed by atoms with Crippen molar-refractivity contribution in [1.29, 1.82) is 0 Å². The number of urea groups is 1. The third kappa shape index (κ3) is 3.84. The van der Waals surface area contributed by atoms with Gasteiger partial charge in [-0.3, -0.25) is 4.79 Å². The minimum Gasteiger partial charge on any atom is -0.380 e. The minimum atomic E-state index is -0.156. The van der Waals surface area contributed by atoms with Crippen LogP contribution in [0.2, 0.25) is 0 Å². The summed E-state index contributed by atoms with van der Waals surface area (Å²) >= 11 is 0. The van der Waals surface area contributed by atoms with Gasteiger partial charge >= 0.3 is 6.03 Å². The quantitative estimate of drug-likeness (QED) is 0.865. The van der Waals surface area contributed by atoms with Gasteiger partial charge in [0, 0.05) is 43.5 Å². The zero-order chi connectivity index (χ0) is 18.8. The fraction of sp³-hybridized carbons (Fsp3) is 0.500. The van der Waals surface area contributed by atoms with E-state index in [1.54, 1.807) is 19.4 Å². The van der Waals surface area contributed by atoms with Crippen molar-refractivity contribution >= 4 is 22.5 Å². The third-order valence-electron chi connectivity index (χ3n) is 5.66. The maximum Gasteiger partial charge on any atom is 0.322 e. The summed E-state index contributed by atoms with van der Waals surface area (Å²) in [5, 5.41) is 4.38. The smallest absolute Gasteiger partial charge is 0.322 e. The van der Waals surface area contributed by atoms with Crippen molar-refractivity contribution in [2.24, 2.45) is 0 Å². The number of hydrogen-bond acceptors (Lipinski definition) is 4. The molecule has 1 aromatic heterocycles. The predicted molar refractivity (Wildman–Crippen MR) is 105 cm³/mol. The van der Waals surface area contributed by atoms with Gasteiger partial charge in [-0.2, -0.15) is 0 Å². The number of aromatic nitrogens is 1. The van der Waals surface area contributed by atoms with E-state index in [1.165, 1.54) is 12.8 Å². The van der Waals surface area contributed by atoms with Gasteiger partial charge < -0.3 is 24.8 Å². The number of fused-ring (bicyclic) bond motifs is 1. The van der Waals surface area contributed by atoms with Crippen LogP contribution in [0.15, 0.2) is 35.3 Å². The highest BCUT2D eigenvalue weighted by Crippen LogP contribution is 2.24. The number of rotatable bonds is 4. The summed E-state index contributed by atoms with van der Waals surface area (Å²) in [5.41, 5.74) is 0.473. The second kappa shape index (κ2) is 7.70. The first-order valence-corrected chi connectivity index (χ1v) is 9.58. The Balaban J connectivity index is 1.50. The molecule has 2 fully saturated rings. The molecule has 0 bridgehead atoms. The number of benzene rings is 1. The molecule has 27 heavy (non-hydrogen) atoms. The highest BCUT2D eigenvalue weighted by molar-refractivity contribution is 5.93. The maximum absolute atomic E-state index is 12.9. The molecule has 4 rings (SSSR count). The molecular weight excluding hydrogens is 344 g/mol. The number of hydrogen-bond donors (Lipinski definition) is 2. The van der Waals surface area contributed by atoms with Gasteiger partial charge in [-0.1, -0.05) is 6.07 Å². The molecule has 2 N–H and O–H groups in total. The van der Waals surface area contributed by atoms with Crippen LogP contribution in [0.5, 0.6) is 0 Å². The van der Waals surface area contributed by atoms with E-state index in [0.717, 1.165) is 31.4 Å². The minimum absolute atomic E-state index is 0.0720. The van der Waals surface area contributed by atoms with Crippen molar-refractivity contribution in [3.05, 3.63) is 40.8 Å². The van der Waals surface area contributed by atoms with Crippen molar-refractivity contribution in [2.75, 3.05) is 38.6 Å². The molecule has 3 heterocycles. The molecule has 0 saturated carbocycles. The van der Waals surface area contributed by atoms with Crippen molar-refractivity contribution in [1.82, 2.24) is 14.8 Å². The van der Waals surface area contributed by atoms with Crippen LogP contribution in [0.4, 0.5) is 10.5 Å². The molecule has 1 aromatic carbocycles. The Morgan fingerprint density at radius 3 is 2.89 bits per heavy atom. The Hall–Kier alpha value is -2.38. The van der Waals surface area contributed by atoms with E-state index in [4.69, 9.17) is 4.74 Å². The molecule has 0 spiro atoms. The number of anilines is 1. The van der Waals surface area contributed by atoms with E-state index >= 15 is 0 Å². The standard InChI is InChI=1S/C20H26N4O3/c1-27-17-11-16(12-23-8-2-3-9-23)24(13-17)20(26)22-15-5-4-14-6-7-21-19(25)18(14)10-15/h4-7,10,16-17H,2-3,8-9,11-13H2,1H3,(H,21,25)(H,22,26)/t16-,17-/m0/s1. The summed E-state index contributed by atoms with van der Waals surface area (Å²) in [6, 6.07) is 7.27. The van der Waals surface area contributed by atoms with Crippen LogP contribution in [-0.4, -0.2) is 66.2 Å². The Bertz CT molecular complexity index is 875. The molecule has 2 aliphatic rings. The number of H-pyrrole nitrogens is 1. The molecule has 144 valence electrons. The number of ether oxygens (including phenoxy) is 1. The number of carbonyl (C=O) groups excluding carboxylic acids is 1. The van der Waals surface area contributed by atoms with Crippen LogP contribution < -0.4 is 10.9 Å². The highest BCUT2D eigenvalue weighted by atomic mass is 16.5. The molecule has 0 radical (unpaired) electrons. The molecular formula is C20H26N4O3. The lowest BCUT2D eigenvalue weighted by Gasteiger charge is -2.28. The van der Waals surface area contributed by atoms with Gasteiger partial charge in [0.05, 0.1) is 6.10 Å². The number of aromatic amines is 1. The van der Waals surface area contributed by atoms with Gasteiger partial charge in [-0.15, -0.1) is 0 Å². The number of methoxy groups -OCH3 is 1. The largest absolute Gasteiger partial charge is 0.380 e. The fourth-order valence-corrected chi connectivity index (χ4v) is 4.19. The predicted octanol–water partition coefficient (Wildman–Crippen LogP) is 2.25. The lowest BCUT2D eigenvalue weighted by molar-refractivity contribution is 0.111. The SMILES string of the molecule is CO[C@H]1C[C@@H](CN2CCCC2)N(C(=O)Nc2ccc3cc[nH]c(=O)c3c2)C1. The Morgan fingerprint density at radius 2 is 2.11 bits per heavy atom. The first-order valence-electron chi connectivity index (χ1n) is 9.58. The molecule has 2 aromatic rings. The summed E-state index contributed by atoms with van der Waals surface area (Å²) in [7, 11) is 1.70. The number of nitrogens with zero attached hydrogens (tertiary/aromatic N) is 2. The Labute approximate surface area is 158 Å². The zero-order valence-corrected chi connectivity index (χ0v) is 15.6. The molecule has 0 unspecified atom stereocenters. The lowest BCUT2D eigenvalue weighted by Crippen LogP contribution is -2.44. The third-order valence-corrected chi connectivity index (χ3v) is 5.66. The average Bonchev–Trinajstić information content (AvgIpc) is 3.32.